The summed E-state index contributed by atoms with van der Waals surface area (Å²) in [6.45, 7) is 1.71. The van der Waals surface area contributed by atoms with E-state index in [0.29, 0.717) is 16.1 Å². The Morgan fingerprint density at radius 1 is 1.19 bits per heavy atom. The lowest BCUT2D eigenvalue weighted by Gasteiger charge is -2.14. The first-order valence-corrected chi connectivity index (χ1v) is 8.39. The Morgan fingerprint density at radius 2 is 1.86 bits per heavy atom. The zero-order valence-corrected chi connectivity index (χ0v) is 13.0. The van der Waals surface area contributed by atoms with E-state index in [-0.39, 0.29) is 11.6 Å². The molecule has 21 heavy (non-hydrogen) atoms. The molecule has 0 fully saturated rings. The molecule has 0 aliphatic heterocycles. The second-order valence-corrected chi connectivity index (χ2v) is 6.97. The molecule has 0 bridgehead atoms. The molecule has 0 aromatic heterocycles. The minimum atomic E-state index is -3.51. The summed E-state index contributed by atoms with van der Waals surface area (Å²) in [6.07, 6.45) is 0. The molecule has 1 atom stereocenters. The van der Waals surface area contributed by atoms with Crippen LogP contribution in [0.4, 0.5) is 4.39 Å². The first kappa shape index (κ1) is 15.9. The summed E-state index contributed by atoms with van der Waals surface area (Å²) in [5, 5.41) is 0.495. The van der Waals surface area contributed by atoms with Gasteiger partial charge in [0.15, 0.2) is 0 Å². The molecule has 112 valence electrons. The van der Waals surface area contributed by atoms with Gasteiger partial charge in [0.1, 0.15) is 5.82 Å². The highest BCUT2D eigenvalue weighted by atomic mass is 35.5. The lowest BCUT2D eigenvalue weighted by Crippen LogP contribution is -2.28. The van der Waals surface area contributed by atoms with Crippen LogP contribution >= 0.6 is 11.6 Å². The fourth-order valence-electron chi connectivity index (χ4n) is 1.98. The average molecular weight is 328 g/mol. The van der Waals surface area contributed by atoms with E-state index in [4.69, 9.17) is 11.6 Å². The number of sulfonamides is 1. The van der Waals surface area contributed by atoms with Crippen LogP contribution in [0.5, 0.6) is 0 Å². The molecule has 2 rings (SSSR count). The Kier molecular flexibility index (Phi) is 4.98. The van der Waals surface area contributed by atoms with Gasteiger partial charge in [-0.05, 0) is 42.3 Å². The molecule has 6 heteroatoms. The first-order valence-electron chi connectivity index (χ1n) is 6.36. The maximum atomic E-state index is 12.9. The smallest absolute Gasteiger partial charge is 0.212 e. The molecule has 0 spiro atoms. The zero-order chi connectivity index (χ0) is 15.5. The second-order valence-electron chi connectivity index (χ2n) is 4.78. The molecule has 3 nitrogen and oxygen atoms in total. The Bertz CT molecular complexity index is 717. The van der Waals surface area contributed by atoms with Crippen LogP contribution in [0, 0.1) is 5.82 Å². The Labute approximate surface area is 128 Å². The van der Waals surface area contributed by atoms with Crippen molar-refractivity contribution in [2.24, 2.45) is 0 Å². The number of nitrogens with one attached hydrogen (secondary N) is 1. The van der Waals surface area contributed by atoms with Crippen LogP contribution in [-0.4, -0.2) is 8.42 Å². The van der Waals surface area contributed by atoms with Gasteiger partial charge in [-0.15, -0.1) is 0 Å². The van der Waals surface area contributed by atoms with Gasteiger partial charge in [0, 0.05) is 11.1 Å². The summed E-state index contributed by atoms with van der Waals surface area (Å²) in [4.78, 5) is 0. The second kappa shape index (κ2) is 6.56. The number of hydrogen-bond donors (Lipinski definition) is 1. The molecule has 0 saturated heterocycles. The quantitative estimate of drug-likeness (QED) is 0.911. The van der Waals surface area contributed by atoms with Gasteiger partial charge in [-0.2, -0.15) is 0 Å². The largest absolute Gasteiger partial charge is 0.216 e. The summed E-state index contributed by atoms with van der Waals surface area (Å²) < 4.78 is 39.7. The van der Waals surface area contributed by atoms with E-state index in [0.717, 1.165) is 0 Å². The van der Waals surface area contributed by atoms with Gasteiger partial charge in [0.2, 0.25) is 10.0 Å². The highest BCUT2D eigenvalue weighted by molar-refractivity contribution is 7.88. The highest BCUT2D eigenvalue weighted by Gasteiger charge is 2.16. The van der Waals surface area contributed by atoms with Gasteiger partial charge in [-0.3, -0.25) is 0 Å². The van der Waals surface area contributed by atoms with Gasteiger partial charge >= 0.3 is 0 Å². The topological polar surface area (TPSA) is 46.2 Å². The summed E-state index contributed by atoms with van der Waals surface area (Å²) >= 11 is 5.84. The Balaban J connectivity index is 2.08. The lowest BCUT2D eigenvalue weighted by atomic mass is 10.1. The molecule has 1 N–H and O–H groups in total. The van der Waals surface area contributed by atoms with E-state index in [2.05, 4.69) is 4.72 Å². The van der Waals surface area contributed by atoms with Gasteiger partial charge in [0.25, 0.3) is 0 Å². The Morgan fingerprint density at radius 3 is 2.48 bits per heavy atom. The van der Waals surface area contributed by atoms with E-state index < -0.39 is 16.1 Å². The maximum absolute atomic E-state index is 12.9. The van der Waals surface area contributed by atoms with Gasteiger partial charge in [-0.25, -0.2) is 17.5 Å². The van der Waals surface area contributed by atoms with Gasteiger partial charge in [-0.1, -0.05) is 35.9 Å². The lowest BCUT2D eigenvalue weighted by molar-refractivity contribution is 0.565. The van der Waals surface area contributed by atoms with E-state index in [1.165, 1.54) is 12.1 Å². The molecule has 2 aromatic carbocycles. The Hall–Kier alpha value is -1.43. The molecule has 0 amide bonds. The van der Waals surface area contributed by atoms with Crippen LogP contribution in [0.3, 0.4) is 0 Å². The summed E-state index contributed by atoms with van der Waals surface area (Å²) in [5.74, 6) is -0.508. The molecule has 0 unspecified atom stereocenters. The molecule has 0 heterocycles. The van der Waals surface area contributed by atoms with Crippen molar-refractivity contribution in [1.29, 1.82) is 0 Å². The highest BCUT2D eigenvalue weighted by Crippen LogP contribution is 2.17. The van der Waals surface area contributed by atoms with E-state index in [1.807, 2.05) is 0 Å². The number of halogens is 2. The number of benzene rings is 2. The SMILES string of the molecule is C[C@@H](NS(=O)(=O)Cc1cccc(Cl)c1)c1ccc(F)cc1. The van der Waals surface area contributed by atoms with Crippen molar-refractivity contribution in [2.45, 2.75) is 18.7 Å². The number of hydrogen-bond acceptors (Lipinski definition) is 2. The van der Waals surface area contributed by atoms with Crippen LogP contribution in [0.2, 0.25) is 5.02 Å². The predicted molar refractivity (Wildman–Crippen MR) is 82.0 cm³/mol. The van der Waals surface area contributed by atoms with Crippen molar-refractivity contribution < 1.29 is 12.8 Å². The van der Waals surface area contributed by atoms with E-state index >= 15 is 0 Å². The molecular weight excluding hydrogens is 313 g/mol. The summed E-state index contributed by atoms with van der Waals surface area (Å²) in [5.41, 5.74) is 1.31. The molecule has 0 saturated carbocycles. The van der Waals surface area contributed by atoms with Gasteiger partial charge in [0.05, 0.1) is 5.75 Å². The average Bonchev–Trinajstić information content (AvgIpc) is 2.38. The van der Waals surface area contributed by atoms with Crippen molar-refractivity contribution in [3.05, 3.63) is 70.5 Å². The van der Waals surface area contributed by atoms with Crippen molar-refractivity contribution in [3.8, 4) is 0 Å². The third-order valence-electron chi connectivity index (χ3n) is 2.97. The molecule has 2 aromatic rings. The first-order chi connectivity index (χ1) is 9.85. The van der Waals surface area contributed by atoms with E-state index in [1.54, 1.807) is 43.3 Å². The third kappa shape index (κ3) is 4.81. The number of rotatable bonds is 5. The van der Waals surface area contributed by atoms with Crippen LogP contribution in [0.1, 0.15) is 24.1 Å². The van der Waals surface area contributed by atoms with Crippen molar-refractivity contribution in [2.75, 3.05) is 0 Å². The monoisotopic (exact) mass is 327 g/mol. The molecule has 0 radical (unpaired) electrons. The standard InChI is InChI=1S/C15H15ClFNO2S/c1-11(13-5-7-15(17)8-6-13)18-21(19,20)10-12-3-2-4-14(16)9-12/h2-9,11,18H,10H2,1H3/t11-/m1/s1. The van der Waals surface area contributed by atoms with Crippen LogP contribution in [0.25, 0.3) is 0 Å². The fraction of sp³-hybridized carbons (Fsp3) is 0.200. The minimum Gasteiger partial charge on any atom is -0.212 e. The van der Waals surface area contributed by atoms with Crippen molar-refractivity contribution >= 4 is 21.6 Å². The summed E-state index contributed by atoms with van der Waals surface area (Å²) in [7, 11) is -3.51. The van der Waals surface area contributed by atoms with Crippen LogP contribution in [0.15, 0.2) is 48.5 Å². The predicted octanol–water partition coefficient (Wildman–Crippen LogP) is 3.66. The normalized spacial score (nSPS) is 13.1. The third-order valence-corrected chi connectivity index (χ3v) is 4.63. The fourth-order valence-corrected chi connectivity index (χ4v) is 3.57. The maximum Gasteiger partial charge on any atom is 0.216 e. The van der Waals surface area contributed by atoms with Crippen molar-refractivity contribution in [1.82, 2.24) is 4.72 Å². The minimum absolute atomic E-state index is 0.154. The molecular formula is C15H15ClFNO2S. The van der Waals surface area contributed by atoms with Crippen LogP contribution < -0.4 is 4.72 Å². The van der Waals surface area contributed by atoms with Crippen LogP contribution in [-0.2, 0) is 15.8 Å². The van der Waals surface area contributed by atoms with E-state index in [9.17, 15) is 12.8 Å². The zero-order valence-electron chi connectivity index (χ0n) is 11.4. The van der Waals surface area contributed by atoms with Gasteiger partial charge < -0.3 is 0 Å². The molecule has 0 aliphatic carbocycles. The summed E-state index contributed by atoms with van der Waals surface area (Å²) in [6, 6.07) is 12.0. The molecule has 0 aliphatic rings. The van der Waals surface area contributed by atoms with Crippen molar-refractivity contribution in [3.63, 3.8) is 0 Å².